The molecule has 3 N–H and O–H groups in total. The molecule has 1 aromatic heterocycles. The van der Waals surface area contributed by atoms with Crippen LogP contribution in [0, 0.1) is 0 Å². The highest BCUT2D eigenvalue weighted by molar-refractivity contribution is 7.14. The van der Waals surface area contributed by atoms with E-state index in [0.717, 1.165) is 31.6 Å². The number of aromatic nitrogens is 1. The molecule has 0 radical (unpaired) electrons. The summed E-state index contributed by atoms with van der Waals surface area (Å²) in [7, 11) is 0. The summed E-state index contributed by atoms with van der Waals surface area (Å²) < 4.78 is 0. The summed E-state index contributed by atoms with van der Waals surface area (Å²) in [4.78, 5) is 36.4. The summed E-state index contributed by atoms with van der Waals surface area (Å²) in [5.41, 5.74) is 1.85. The van der Waals surface area contributed by atoms with Crippen LogP contribution in [-0.2, 0) is 4.79 Å². The molecule has 1 aromatic rings. The van der Waals surface area contributed by atoms with Gasteiger partial charge in [-0.25, -0.2) is 4.98 Å². The summed E-state index contributed by atoms with van der Waals surface area (Å²) >= 11 is 1.25. The van der Waals surface area contributed by atoms with Gasteiger partial charge in [0.15, 0.2) is 5.13 Å². The van der Waals surface area contributed by atoms with Crippen LogP contribution in [0.5, 0.6) is 0 Å². The van der Waals surface area contributed by atoms with Crippen molar-refractivity contribution in [3.63, 3.8) is 0 Å². The van der Waals surface area contributed by atoms with Gasteiger partial charge in [0.2, 0.25) is 0 Å². The number of hydrogen-bond acceptors (Lipinski definition) is 7. The number of nitrogens with zero attached hydrogens (tertiary/aromatic N) is 3. The van der Waals surface area contributed by atoms with Crippen molar-refractivity contribution in [1.82, 2.24) is 20.5 Å². The number of allylic oxidation sites excluding steroid dienone is 3. The van der Waals surface area contributed by atoms with Crippen LogP contribution in [0.25, 0.3) is 0 Å². The molecule has 2 amide bonds. The number of anilines is 1. The van der Waals surface area contributed by atoms with Crippen molar-refractivity contribution in [2.45, 2.75) is 65.2 Å². The molecule has 9 heteroatoms. The second kappa shape index (κ2) is 11.5. The highest BCUT2D eigenvalue weighted by Gasteiger charge is 2.19. The number of thiazole rings is 1. The van der Waals surface area contributed by atoms with E-state index in [9.17, 15) is 9.59 Å². The van der Waals surface area contributed by atoms with Crippen molar-refractivity contribution in [2.24, 2.45) is 4.99 Å². The van der Waals surface area contributed by atoms with Crippen LogP contribution in [0.4, 0.5) is 5.13 Å². The Hall–Kier alpha value is -2.36. The molecule has 8 nitrogen and oxygen atoms in total. The van der Waals surface area contributed by atoms with E-state index in [1.165, 1.54) is 11.3 Å². The van der Waals surface area contributed by atoms with Crippen LogP contribution in [0.1, 0.15) is 57.4 Å². The molecular formula is C23H34N6O2S. The van der Waals surface area contributed by atoms with E-state index in [0.29, 0.717) is 41.4 Å². The van der Waals surface area contributed by atoms with Gasteiger partial charge in [0.05, 0.1) is 6.17 Å². The number of nitrogens with one attached hydrogen (secondary N) is 3. The highest BCUT2D eigenvalue weighted by Crippen LogP contribution is 2.19. The Labute approximate surface area is 194 Å². The molecule has 0 bridgehead atoms. The van der Waals surface area contributed by atoms with Crippen molar-refractivity contribution in [1.29, 1.82) is 0 Å². The quantitative estimate of drug-likeness (QED) is 0.528. The molecular weight excluding hydrogens is 424 g/mol. The number of carbonyl (C=O) groups excluding carboxylic acids is 2. The van der Waals surface area contributed by atoms with Gasteiger partial charge in [0.25, 0.3) is 11.8 Å². The average Bonchev–Trinajstić information content (AvgIpc) is 3.43. The molecule has 1 unspecified atom stereocenters. The monoisotopic (exact) mass is 458 g/mol. The molecule has 1 atom stereocenters. The average molecular weight is 459 g/mol. The van der Waals surface area contributed by atoms with E-state index < -0.39 is 0 Å². The van der Waals surface area contributed by atoms with Crippen molar-refractivity contribution in [3.05, 3.63) is 34.9 Å². The molecule has 1 aliphatic heterocycles. The summed E-state index contributed by atoms with van der Waals surface area (Å²) in [5.74, 6) is -0.445. The lowest BCUT2D eigenvalue weighted by molar-refractivity contribution is -0.112. The molecule has 0 aromatic carbocycles. The predicted molar refractivity (Wildman–Crippen MR) is 130 cm³/mol. The second-order valence-corrected chi connectivity index (χ2v) is 9.49. The van der Waals surface area contributed by atoms with Crippen LogP contribution >= 0.6 is 11.3 Å². The molecule has 3 rings (SSSR count). The predicted octanol–water partition coefficient (Wildman–Crippen LogP) is 2.97. The first-order valence-electron chi connectivity index (χ1n) is 11.3. The van der Waals surface area contributed by atoms with Gasteiger partial charge in [0.1, 0.15) is 5.69 Å². The number of aliphatic imine (C=N–C) groups is 1. The van der Waals surface area contributed by atoms with Crippen LogP contribution in [0.15, 0.2) is 34.2 Å². The van der Waals surface area contributed by atoms with Gasteiger partial charge in [-0.15, -0.1) is 11.3 Å². The van der Waals surface area contributed by atoms with E-state index in [4.69, 9.17) is 4.99 Å². The lowest BCUT2D eigenvalue weighted by Crippen LogP contribution is -2.42. The van der Waals surface area contributed by atoms with Crippen LogP contribution in [-0.4, -0.2) is 65.3 Å². The molecule has 1 fully saturated rings. The standard InChI is InChI=1S/C23H34N6O2S/c1-15(2)29(16(3)4)12-11-25-22(31)19-14-32-23(27-19)28-21(30)17-7-5-8-18(13-17)26-20-9-6-10-24-20/h5,7-8,14-16,20,24H,6,9-13H2,1-4H3,(H,25,31)(H,27,28,30). The fraction of sp³-hybridized carbons (Fsp3) is 0.565. The van der Waals surface area contributed by atoms with E-state index in [2.05, 4.69) is 53.5 Å². The van der Waals surface area contributed by atoms with Gasteiger partial charge in [-0.1, -0.05) is 12.2 Å². The minimum Gasteiger partial charge on any atom is -0.349 e. The first-order valence-corrected chi connectivity index (χ1v) is 12.2. The Morgan fingerprint density at radius 1 is 1.28 bits per heavy atom. The normalized spacial score (nSPS) is 19.8. The lowest BCUT2D eigenvalue weighted by Gasteiger charge is -2.30. The molecule has 174 valence electrons. The van der Waals surface area contributed by atoms with Crippen molar-refractivity contribution >= 4 is 34.0 Å². The lowest BCUT2D eigenvalue weighted by atomic mass is 10.0. The molecule has 2 aliphatic rings. The van der Waals surface area contributed by atoms with E-state index in [1.807, 2.05) is 12.2 Å². The summed E-state index contributed by atoms with van der Waals surface area (Å²) in [6, 6.07) is 0.828. The number of rotatable bonds is 9. The molecule has 32 heavy (non-hydrogen) atoms. The summed E-state index contributed by atoms with van der Waals surface area (Å²) in [6.07, 6.45) is 8.38. The Morgan fingerprint density at radius 2 is 2.06 bits per heavy atom. The van der Waals surface area contributed by atoms with E-state index in [1.54, 1.807) is 11.5 Å². The summed E-state index contributed by atoms with van der Waals surface area (Å²) in [5, 5.41) is 11.2. The summed E-state index contributed by atoms with van der Waals surface area (Å²) in [6.45, 7) is 10.9. The van der Waals surface area contributed by atoms with Crippen LogP contribution in [0.2, 0.25) is 0 Å². The smallest absolute Gasteiger partial charge is 0.270 e. The third-order valence-electron chi connectivity index (χ3n) is 5.54. The first-order chi connectivity index (χ1) is 15.3. The number of amides is 2. The van der Waals surface area contributed by atoms with Crippen molar-refractivity contribution < 1.29 is 9.59 Å². The third-order valence-corrected chi connectivity index (χ3v) is 6.30. The van der Waals surface area contributed by atoms with Crippen molar-refractivity contribution in [2.75, 3.05) is 25.0 Å². The molecule has 2 heterocycles. The maximum atomic E-state index is 12.7. The van der Waals surface area contributed by atoms with Crippen LogP contribution in [0.3, 0.4) is 0 Å². The van der Waals surface area contributed by atoms with Gasteiger partial charge < -0.3 is 5.32 Å². The molecule has 0 spiro atoms. The third kappa shape index (κ3) is 6.82. The Bertz CT molecular complexity index is 888. The fourth-order valence-corrected chi connectivity index (χ4v) is 4.61. The Kier molecular flexibility index (Phi) is 8.72. The van der Waals surface area contributed by atoms with Crippen LogP contribution < -0.4 is 16.0 Å². The molecule has 0 saturated carbocycles. The van der Waals surface area contributed by atoms with Gasteiger partial charge >= 0.3 is 0 Å². The van der Waals surface area contributed by atoms with E-state index >= 15 is 0 Å². The van der Waals surface area contributed by atoms with E-state index in [-0.39, 0.29) is 18.0 Å². The molecule has 1 aliphatic carbocycles. The second-order valence-electron chi connectivity index (χ2n) is 8.63. The SMILES string of the molecule is CC(C)N(CCNC(=O)c1csc(NC(=O)C2=CC=CC(=NC3CCCN3)C2)n1)C(C)C. The Morgan fingerprint density at radius 3 is 2.75 bits per heavy atom. The fourth-order valence-electron chi connectivity index (χ4n) is 3.92. The zero-order valence-corrected chi connectivity index (χ0v) is 20.2. The zero-order chi connectivity index (χ0) is 23.1. The zero-order valence-electron chi connectivity index (χ0n) is 19.4. The van der Waals surface area contributed by atoms with Crippen molar-refractivity contribution in [3.8, 4) is 0 Å². The maximum absolute atomic E-state index is 12.7. The topological polar surface area (TPSA) is 98.7 Å². The largest absolute Gasteiger partial charge is 0.349 e. The first kappa shape index (κ1) is 24.3. The Balaban J connectivity index is 1.50. The van der Waals surface area contributed by atoms with Gasteiger partial charge in [-0.2, -0.15) is 0 Å². The number of hydrogen-bond donors (Lipinski definition) is 3. The minimum atomic E-state index is -0.229. The minimum absolute atomic E-state index is 0.144. The number of carbonyl (C=O) groups is 2. The van der Waals surface area contributed by atoms with Gasteiger partial charge in [0, 0.05) is 48.3 Å². The van der Waals surface area contributed by atoms with Gasteiger partial charge in [-0.05, 0) is 53.2 Å². The maximum Gasteiger partial charge on any atom is 0.270 e. The highest BCUT2D eigenvalue weighted by atomic mass is 32.1. The molecule has 1 saturated heterocycles. The van der Waals surface area contributed by atoms with Gasteiger partial charge in [-0.3, -0.25) is 30.1 Å².